The van der Waals surface area contributed by atoms with E-state index in [-0.39, 0.29) is 23.3 Å². The molecule has 136 valence electrons. The minimum absolute atomic E-state index is 0.137. The zero-order valence-electron chi connectivity index (χ0n) is 14.1. The molecule has 0 unspecified atom stereocenters. The molecule has 8 heteroatoms. The number of aromatic nitrogens is 1. The van der Waals surface area contributed by atoms with Crippen molar-refractivity contribution in [1.29, 1.82) is 5.41 Å². The smallest absolute Gasteiger partial charge is 0.268 e. The van der Waals surface area contributed by atoms with Gasteiger partial charge in [0.1, 0.15) is 11.7 Å². The summed E-state index contributed by atoms with van der Waals surface area (Å²) >= 11 is 3.42. The number of carbonyl (C=O) groups excluding carboxylic acids is 2. The maximum atomic E-state index is 12.3. The quantitative estimate of drug-likeness (QED) is 0.214. The number of fused-ring (bicyclic) bond motifs is 1. The third kappa shape index (κ3) is 4.13. The Morgan fingerprint density at radius 2 is 2.12 bits per heavy atom. The van der Waals surface area contributed by atoms with Gasteiger partial charge < -0.3 is 21.4 Å². The maximum absolute atomic E-state index is 12.3. The van der Waals surface area contributed by atoms with Crippen molar-refractivity contribution in [2.45, 2.75) is 31.7 Å². The van der Waals surface area contributed by atoms with Gasteiger partial charge in [-0.15, -0.1) is 0 Å². The second kappa shape index (κ2) is 7.74. The highest BCUT2D eigenvalue weighted by molar-refractivity contribution is 9.10. The summed E-state index contributed by atoms with van der Waals surface area (Å²) in [6.07, 6.45) is 5.95. The van der Waals surface area contributed by atoms with Crippen molar-refractivity contribution in [3.8, 4) is 0 Å². The summed E-state index contributed by atoms with van der Waals surface area (Å²) in [6.45, 7) is 0. The van der Waals surface area contributed by atoms with E-state index in [1.807, 2.05) is 18.2 Å². The number of aromatic amines is 1. The summed E-state index contributed by atoms with van der Waals surface area (Å²) in [5, 5.41) is 13.6. The topological polar surface area (TPSA) is 124 Å². The largest absolute Gasteiger partial charge is 0.388 e. The van der Waals surface area contributed by atoms with Gasteiger partial charge >= 0.3 is 0 Å². The van der Waals surface area contributed by atoms with E-state index < -0.39 is 6.04 Å². The molecular weight excluding hydrogens is 398 g/mol. The van der Waals surface area contributed by atoms with E-state index in [0.29, 0.717) is 19.3 Å². The fraction of sp³-hybridized carbons (Fsp3) is 0.278. The normalized spacial score (nSPS) is 18.8. The number of hydrogen-bond acceptors (Lipinski definition) is 3. The highest BCUT2D eigenvalue weighted by atomic mass is 79.9. The molecule has 2 aromatic rings. The number of nitrogens with two attached hydrogens (primary N) is 1. The van der Waals surface area contributed by atoms with Crippen LogP contribution in [0.1, 0.15) is 31.2 Å². The van der Waals surface area contributed by atoms with Gasteiger partial charge in [-0.2, -0.15) is 0 Å². The lowest BCUT2D eigenvalue weighted by atomic mass is 10.0. The van der Waals surface area contributed by atoms with Crippen LogP contribution in [0.2, 0.25) is 0 Å². The number of H-pyrrole nitrogens is 1. The van der Waals surface area contributed by atoms with Crippen molar-refractivity contribution in [2.75, 3.05) is 0 Å². The van der Waals surface area contributed by atoms with E-state index in [1.165, 1.54) is 0 Å². The first-order valence-corrected chi connectivity index (χ1v) is 9.16. The van der Waals surface area contributed by atoms with Crippen LogP contribution in [0.3, 0.4) is 0 Å². The molecule has 2 heterocycles. The van der Waals surface area contributed by atoms with Crippen LogP contribution in [0.15, 0.2) is 34.6 Å². The van der Waals surface area contributed by atoms with Gasteiger partial charge in [-0.3, -0.25) is 15.0 Å². The average Bonchev–Trinajstić information content (AvgIpc) is 2.97. The lowest BCUT2D eigenvalue weighted by molar-refractivity contribution is -0.131. The third-order valence-electron chi connectivity index (χ3n) is 4.29. The first-order chi connectivity index (χ1) is 12.4. The van der Waals surface area contributed by atoms with Crippen molar-refractivity contribution < 1.29 is 9.59 Å². The van der Waals surface area contributed by atoms with Crippen LogP contribution >= 0.6 is 15.9 Å². The fourth-order valence-electron chi connectivity index (χ4n) is 2.94. The van der Waals surface area contributed by atoms with E-state index in [0.717, 1.165) is 27.4 Å². The Bertz CT molecular complexity index is 902. The lowest BCUT2D eigenvalue weighted by Gasteiger charge is -2.25. The predicted octanol–water partition coefficient (Wildman–Crippen LogP) is 2.38. The molecular formula is C18H20BrN5O2. The van der Waals surface area contributed by atoms with Gasteiger partial charge in [-0.05, 0) is 31.1 Å². The van der Waals surface area contributed by atoms with Crippen molar-refractivity contribution >= 4 is 50.6 Å². The Morgan fingerprint density at radius 1 is 1.31 bits per heavy atom. The molecule has 1 saturated heterocycles. The fourth-order valence-corrected chi connectivity index (χ4v) is 3.30. The summed E-state index contributed by atoms with van der Waals surface area (Å²) in [5.74, 6) is -0.382. The molecule has 2 amide bonds. The molecule has 1 aliphatic rings. The van der Waals surface area contributed by atoms with Crippen LogP contribution in [-0.4, -0.2) is 28.7 Å². The standard InChI is InChI=1S/C18H20BrN5O2/c19-11-5-6-12-10(9-22-14(12)8-11)7-15-18(26)23-13(17(25)24-15)3-1-2-4-16(20)21/h5-9,13,22H,1-4H2,(H3,20,21)(H,23,26)(H,24,25)/b15-7-/t13-/m0/s1. The first-order valence-electron chi connectivity index (χ1n) is 8.37. The molecule has 0 radical (unpaired) electrons. The Kier molecular flexibility index (Phi) is 5.41. The van der Waals surface area contributed by atoms with Gasteiger partial charge in [-0.1, -0.05) is 28.4 Å². The predicted molar refractivity (Wildman–Crippen MR) is 104 cm³/mol. The summed E-state index contributed by atoms with van der Waals surface area (Å²) in [4.78, 5) is 27.8. The Labute approximate surface area is 159 Å². The van der Waals surface area contributed by atoms with E-state index in [2.05, 4.69) is 31.5 Å². The number of rotatable bonds is 6. The molecule has 0 spiro atoms. The maximum Gasteiger partial charge on any atom is 0.268 e. The number of unbranched alkanes of at least 4 members (excludes halogenated alkanes) is 1. The number of halogens is 1. The van der Waals surface area contributed by atoms with E-state index in [1.54, 1.807) is 12.3 Å². The van der Waals surface area contributed by atoms with Crippen LogP contribution in [-0.2, 0) is 9.59 Å². The monoisotopic (exact) mass is 417 g/mol. The van der Waals surface area contributed by atoms with Gasteiger partial charge in [0.05, 0.1) is 5.84 Å². The van der Waals surface area contributed by atoms with Crippen molar-refractivity contribution in [2.24, 2.45) is 5.73 Å². The molecule has 0 aliphatic carbocycles. The number of amides is 2. The molecule has 0 bridgehead atoms. The molecule has 0 saturated carbocycles. The second-order valence-corrected chi connectivity index (χ2v) is 7.19. The zero-order chi connectivity index (χ0) is 18.7. The van der Waals surface area contributed by atoms with E-state index in [4.69, 9.17) is 11.1 Å². The molecule has 7 nitrogen and oxygen atoms in total. The Balaban J connectivity index is 1.68. The number of piperazine rings is 1. The van der Waals surface area contributed by atoms with Gasteiger partial charge in [0.15, 0.2) is 0 Å². The molecule has 3 rings (SSSR count). The molecule has 1 fully saturated rings. The molecule has 6 N–H and O–H groups in total. The third-order valence-corrected chi connectivity index (χ3v) is 4.78. The van der Waals surface area contributed by atoms with Crippen LogP contribution < -0.4 is 16.4 Å². The second-order valence-electron chi connectivity index (χ2n) is 6.28. The minimum Gasteiger partial charge on any atom is -0.388 e. The highest BCUT2D eigenvalue weighted by Gasteiger charge is 2.29. The van der Waals surface area contributed by atoms with Crippen LogP contribution in [0, 0.1) is 5.41 Å². The van der Waals surface area contributed by atoms with Crippen molar-refractivity contribution in [3.05, 3.63) is 40.1 Å². The summed E-state index contributed by atoms with van der Waals surface area (Å²) in [5.41, 5.74) is 7.32. The number of hydrogen-bond donors (Lipinski definition) is 5. The zero-order valence-corrected chi connectivity index (χ0v) is 15.7. The molecule has 1 atom stereocenters. The van der Waals surface area contributed by atoms with Crippen molar-refractivity contribution in [3.63, 3.8) is 0 Å². The van der Waals surface area contributed by atoms with Gasteiger partial charge in [0.2, 0.25) is 5.91 Å². The van der Waals surface area contributed by atoms with Crippen LogP contribution in [0.5, 0.6) is 0 Å². The minimum atomic E-state index is -0.550. The van der Waals surface area contributed by atoms with Gasteiger partial charge in [0.25, 0.3) is 5.91 Å². The summed E-state index contributed by atoms with van der Waals surface area (Å²) < 4.78 is 0.961. The van der Waals surface area contributed by atoms with Gasteiger partial charge in [0, 0.05) is 33.6 Å². The Morgan fingerprint density at radius 3 is 2.88 bits per heavy atom. The molecule has 26 heavy (non-hydrogen) atoms. The van der Waals surface area contributed by atoms with Crippen molar-refractivity contribution in [1.82, 2.24) is 15.6 Å². The van der Waals surface area contributed by atoms with E-state index >= 15 is 0 Å². The van der Waals surface area contributed by atoms with Gasteiger partial charge in [-0.25, -0.2) is 0 Å². The number of benzene rings is 1. The number of carbonyl (C=O) groups is 2. The summed E-state index contributed by atoms with van der Waals surface area (Å²) in [7, 11) is 0. The average molecular weight is 418 g/mol. The lowest BCUT2D eigenvalue weighted by Crippen LogP contribution is -2.54. The SMILES string of the molecule is N=C(N)CCCC[C@@H]1NC(=O)/C(=C/c2c[nH]c3cc(Br)ccc23)NC1=O. The summed E-state index contributed by atoms with van der Waals surface area (Å²) in [6, 6.07) is 5.27. The molecule has 1 aliphatic heterocycles. The van der Waals surface area contributed by atoms with Crippen LogP contribution in [0.4, 0.5) is 0 Å². The first kappa shape index (κ1) is 18.2. The number of nitrogens with one attached hydrogen (secondary N) is 4. The van der Waals surface area contributed by atoms with Crippen LogP contribution in [0.25, 0.3) is 17.0 Å². The Hall–Kier alpha value is -2.61. The highest BCUT2D eigenvalue weighted by Crippen LogP contribution is 2.24. The molecule has 1 aromatic carbocycles. The molecule has 1 aromatic heterocycles. The number of amidine groups is 1. The van der Waals surface area contributed by atoms with E-state index in [9.17, 15) is 9.59 Å².